The Kier molecular flexibility index (Phi) is 4.74. The largest absolute Gasteiger partial charge is 0.350 e. The van der Waals surface area contributed by atoms with Gasteiger partial charge in [-0.2, -0.15) is 0 Å². The van der Waals surface area contributed by atoms with Gasteiger partial charge in [-0.05, 0) is 30.7 Å². The Morgan fingerprint density at radius 3 is 2.64 bits per heavy atom. The maximum absolute atomic E-state index is 12.6. The van der Waals surface area contributed by atoms with Gasteiger partial charge in [-0.3, -0.25) is 23.7 Å². The summed E-state index contributed by atoms with van der Waals surface area (Å²) in [6.07, 6.45) is 3.32. The average molecular weight is 338 g/mol. The highest BCUT2D eigenvalue weighted by molar-refractivity contribution is 5.81. The van der Waals surface area contributed by atoms with Crippen LogP contribution in [0.4, 0.5) is 0 Å². The molecule has 3 rings (SSSR count). The topological polar surface area (TPSA) is 86.0 Å². The number of carbonyl (C=O) groups is 1. The van der Waals surface area contributed by atoms with E-state index in [-0.39, 0.29) is 24.6 Å². The monoisotopic (exact) mass is 338 g/mol. The number of carbonyl (C=O) groups excluding carboxylic acids is 1. The highest BCUT2D eigenvalue weighted by atomic mass is 16.2. The van der Waals surface area contributed by atoms with Crippen molar-refractivity contribution in [2.45, 2.75) is 26.6 Å². The molecule has 25 heavy (non-hydrogen) atoms. The van der Waals surface area contributed by atoms with Gasteiger partial charge in [0.1, 0.15) is 6.54 Å². The molecule has 0 saturated carbocycles. The number of hydrogen-bond donors (Lipinski definition) is 1. The predicted molar refractivity (Wildman–Crippen MR) is 94.2 cm³/mol. The lowest BCUT2D eigenvalue weighted by Crippen LogP contribution is -2.42. The van der Waals surface area contributed by atoms with Crippen LogP contribution in [-0.4, -0.2) is 20.0 Å². The van der Waals surface area contributed by atoms with E-state index in [1.807, 2.05) is 6.07 Å². The number of nitrogens with one attached hydrogen (secondary N) is 1. The molecule has 0 fully saturated rings. The number of rotatable bonds is 5. The quantitative estimate of drug-likeness (QED) is 0.749. The fourth-order valence-corrected chi connectivity index (χ4v) is 2.71. The average Bonchev–Trinajstić information content (AvgIpc) is 2.65. The van der Waals surface area contributed by atoms with Gasteiger partial charge in [-0.15, -0.1) is 0 Å². The summed E-state index contributed by atoms with van der Waals surface area (Å²) < 4.78 is 2.47. The van der Waals surface area contributed by atoms with E-state index in [2.05, 4.69) is 10.3 Å². The first-order valence-electron chi connectivity index (χ1n) is 7.99. The Morgan fingerprint density at radius 2 is 1.92 bits per heavy atom. The first kappa shape index (κ1) is 16.6. The maximum Gasteiger partial charge on any atom is 0.331 e. The summed E-state index contributed by atoms with van der Waals surface area (Å²) in [5, 5.41) is 3.19. The molecular weight excluding hydrogens is 320 g/mol. The second-order valence-electron chi connectivity index (χ2n) is 5.57. The van der Waals surface area contributed by atoms with Gasteiger partial charge in [0.25, 0.3) is 5.56 Å². The molecule has 0 atom stereocenters. The second kappa shape index (κ2) is 7.12. The Labute approximate surface area is 143 Å². The molecule has 0 aliphatic carbocycles. The number of amides is 1. The molecule has 7 heteroatoms. The first-order valence-corrected chi connectivity index (χ1v) is 7.99. The van der Waals surface area contributed by atoms with E-state index in [4.69, 9.17) is 0 Å². The lowest BCUT2D eigenvalue weighted by Gasteiger charge is -2.13. The Balaban J connectivity index is 1.92. The summed E-state index contributed by atoms with van der Waals surface area (Å²) in [6, 6.07) is 10.4. The van der Waals surface area contributed by atoms with Crippen LogP contribution >= 0.6 is 0 Å². The third-order valence-electron chi connectivity index (χ3n) is 3.96. The van der Waals surface area contributed by atoms with Crippen molar-refractivity contribution in [3.05, 3.63) is 75.2 Å². The maximum atomic E-state index is 12.6. The second-order valence-corrected chi connectivity index (χ2v) is 5.57. The SMILES string of the molecule is CCn1c(=O)c2ccccc2n(CC(=O)NCc2cccnc2)c1=O. The van der Waals surface area contributed by atoms with Crippen molar-refractivity contribution in [1.82, 2.24) is 19.4 Å². The van der Waals surface area contributed by atoms with Crippen molar-refractivity contribution in [3.63, 3.8) is 0 Å². The van der Waals surface area contributed by atoms with Gasteiger partial charge in [-0.25, -0.2) is 4.79 Å². The Bertz CT molecular complexity index is 1020. The molecule has 0 radical (unpaired) electrons. The molecule has 3 aromatic rings. The summed E-state index contributed by atoms with van der Waals surface area (Å²) in [6.45, 7) is 2.15. The van der Waals surface area contributed by atoms with Crippen molar-refractivity contribution in [2.24, 2.45) is 0 Å². The molecule has 0 spiro atoms. The summed E-state index contributed by atoms with van der Waals surface area (Å²) in [5.74, 6) is -0.308. The van der Waals surface area contributed by atoms with E-state index in [0.717, 1.165) is 10.1 Å². The van der Waals surface area contributed by atoms with E-state index >= 15 is 0 Å². The number of nitrogens with zero attached hydrogens (tertiary/aromatic N) is 3. The third kappa shape index (κ3) is 3.35. The van der Waals surface area contributed by atoms with Gasteiger partial charge in [-0.1, -0.05) is 18.2 Å². The number of aromatic nitrogens is 3. The molecule has 0 bridgehead atoms. The summed E-state index contributed by atoms with van der Waals surface area (Å²) in [4.78, 5) is 41.2. The zero-order valence-corrected chi connectivity index (χ0v) is 13.8. The molecule has 2 aromatic heterocycles. The van der Waals surface area contributed by atoms with Crippen LogP contribution in [0.5, 0.6) is 0 Å². The van der Waals surface area contributed by atoms with E-state index in [1.165, 1.54) is 4.57 Å². The molecule has 7 nitrogen and oxygen atoms in total. The van der Waals surface area contributed by atoms with Crippen molar-refractivity contribution >= 4 is 16.8 Å². The molecule has 0 aliphatic heterocycles. The lowest BCUT2D eigenvalue weighted by atomic mass is 10.2. The molecule has 1 aromatic carbocycles. The Morgan fingerprint density at radius 1 is 1.12 bits per heavy atom. The standard InChI is InChI=1S/C18H18N4O3/c1-2-21-17(24)14-7-3-4-8-15(14)22(18(21)25)12-16(23)20-11-13-6-5-9-19-10-13/h3-10H,2,11-12H2,1H3,(H,20,23). The van der Waals surface area contributed by atoms with E-state index < -0.39 is 5.69 Å². The summed E-state index contributed by atoms with van der Waals surface area (Å²) >= 11 is 0. The summed E-state index contributed by atoms with van der Waals surface area (Å²) in [7, 11) is 0. The highest BCUT2D eigenvalue weighted by Crippen LogP contribution is 2.07. The molecule has 1 amide bonds. The first-order chi connectivity index (χ1) is 12.1. The molecule has 0 saturated heterocycles. The number of fused-ring (bicyclic) bond motifs is 1. The minimum Gasteiger partial charge on any atom is -0.350 e. The van der Waals surface area contributed by atoms with Crippen LogP contribution in [0, 0.1) is 0 Å². The van der Waals surface area contributed by atoms with E-state index in [1.54, 1.807) is 49.6 Å². The van der Waals surface area contributed by atoms with Crippen LogP contribution in [0.1, 0.15) is 12.5 Å². The zero-order valence-electron chi connectivity index (χ0n) is 13.8. The predicted octanol–water partition coefficient (Wildman–Crippen LogP) is 0.894. The van der Waals surface area contributed by atoms with Crippen molar-refractivity contribution in [3.8, 4) is 0 Å². The van der Waals surface area contributed by atoms with E-state index in [0.29, 0.717) is 17.4 Å². The van der Waals surface area contributed by atoms with Gasteiger partial charge in [0.2, 0.25) is 5.91 Å². The molecule has 128 valence electrons. The third-order valence-corrected chi connectivity index (χ3v) is 3.96. The van der Waals surface area contributed by atoms with Crippen LogP contribution < -0.4 is 16.6 Å². The van der Waals surface area contributed by atoms with Crippen LogP contribution in [0.2, 0.25) is 0 Å². The number of para-hydroxylation sites is 1. The number of benzene rings is 1. The van der Waals surface area contributed by atoms with Gasteiger partial charge >= 0.3 is 5.69 Å². The van der Waals surface area contributed by atoms with Crippen molar-refractivity contribution in [1.29, 1.82) is 0 Å². The van der Waals surface area contributed by atoms with Gasteiger partial charge < -0.3 is 5.32 Å². The van der Waals surface area contributed by atoms with Crippen LogP contribution in [0.3, 0.4) is 0 Å². The fourth-order valence-electron chi connectivity index (χ4n) is 2.71. The van der Waals surface area contributed by atoms with Crippen molar-refractivity contribution in [2.75, 3.05) is 0 Å². The van der Waals surface area contributed by atoms with Gasteiger partial charge in [0, 0.05) is 25.5 Å². The zero-order chi connectivity index (χ0) is 17.8. The minimum atomic E-state index is -0.484. The molecule has 2 heterocycles. The summed E-state index contributed by atoms with van der Waals surface area (Å²) in [5.41, 5.74) is 0.503. The highest BCUT2D eigenvalue weighted by Gasteiger charge is 2.14. The molecular formula is C18H18N4O3. The van der Waals surface area contributed by atoms with Gasteiger partial charge in [0.05, 0.1) is 10.9 Å². The van der Waals surface area contributed by atoms with Crippen LogP contribution in [0.15, 0.2) is 58.4 Å². The molecule has 0 unspecified atom stereocenters. The number of hydrogen-bond acceptors (Lipinski definition) is 4. The van der Waals surface area contributed by atoms with Gasteiger partial charge in [0.15, 0.2) is 0 Å². The smallest absolute Gasteiger partial charge is 0.331 e. The normalized spacial score (nSPS) is 10.8. The van der Waals surface area contributed by atoms with Crippen LogP contribution in [-0.2, 0) is 24.4 Å². The Hall–Kier alpha value is -3.22. The molecule has 1 N–H and O–H groups in total. The van der Waals surface area contributed by atoms with E-state index in [9.17, 15) is 14.4 Å². The number of pyridine rings is 1. The minimum absolute atomic E-state index is 0.153. The van der Waals surface area contributed by atoms with Crippen LogP contribution in [0.25, 0.3) is 10.9 Å². The fraction of sp³-hybridized carbons (Fsp3) is 0.222. The van der Waals surface area contributed by atoms with Crippen molar-refractivity contribution < 1.29 is 4.79 Å². The lowest BCUT2D eigenvalue weighted by molar-refractivity contribution is -0.121. The molecule has 0 aliphatic rings.